The number of aromatic amines is 1. The van der Waals surface area contributed by atoms with Crippen molar-refractivity contribution in [2.45, 2.75) is 18.6 Å². The maximum atomic E-state index is 11.5. The Labute approximate surface area is 80.7 Å². The molecule has 2 rings (SSSR count). The van der Waals surface area contributed by atoms with Crippen LogP contribution in [-0.4, -0.2) is 39.9 Å². The van der Waals surface area contributed by atoms with E-state index in [-0.39, 0.29) is 11.9 Å². The summed E-state index contributed by atoms with van der Waals surface area (Å²) in [5.41, 5.74) is 0. The molecule has 14 heavy (non-hydrogen) atoms. The van der Waals surface area contributed by atoms with Gasteiger partial charge in [0.15, 0.2) is 0 Å². The minimum atomic E-state index is -0.424. The minimum absolute atomic E-state index is 0.147. The Morgan fingerprint density at radius 3 is 3.14 bits per heavy atom. The molecule has 4 N–H and O–H groups in total. The van der Waals surface area contributed by atoms with E-state index < -0.39 is 6.10 Å². The van der Waals surface area contributed by atoms with Gasteiger partial charge in [0.1, 0.15) is 5.82 Å². The summed E-state index contributed by atoms with van der Waals surface area (Å²) in [6.07, 6.45) is 1.60. The molecule has 1 amide bonds. The molecule has 1 aliphatic heterocycles. The Balaban J connectivity index is 1.90. The molecule has 0 spiro atoms. The fraction of sp³-hybridized carbons (Fsp3) is 0.500. The normalized spacial score (nSPS) is 26.4. The number of hydrogen-bond donors (Lipinski definition) is 4. The number of aliphatic hydroxyl groups is 1. The van der Waals surface area contributed by atoms with Crippen LogP contribution in [0.25, 0.3) is 0 Å². The lowest BCUT2D eigenvalue weighted by Crippen LogP contribution is -2.35. The van der Waals surface area contributed by atoms with Gasteiger partial charge in [0.25, 0.3) is 0 Å². The average molecular weight is 196 g/mol. The fourth-order valence-electron chi connectivity index (χ4n) is 1.46. The summed E-state index contributed by atoms with van der Waals surface area (Å²) in [6, 6.07) is 1.36. The van der Waals surface area contributed by atoms with Crippen molar-refractivity contribution in [1.82, 2.24) is 15.5 Å². The van der Waals surface area contributed by atoms with Crippen molar-refractivity contribution in [3.63, 3.8) is 0 Å². The first-order chi connectivity index (χ1) is 6.75. The van der Waals surface area contributed by atoms with Crippen LogP contribution in [0.2, 0.25) is 0 Å². The smallest absolute Gasteiger partial charge is 0.242 e. The SMILES string of the molecule is O=C(Nc1ccn[nH]1)C1CC(O)CN1. The third kappa shape index (κ3) is 1.91. The molecule has 0 radical (unpaired) electrons. The molecule has 0 aliphatic carbocycles. The molecule has 76 valence electrons. The average Bonchev–Trinajstić information content (AvgIpc) is 2.75. The van der Waals surface area contributed by atoms with Crippen molar-refractivity contribution in [3.8, 4) is 0 Å². The molecule has 2 heterocycles. The van der Waals surface area contributed by atoms with Crippen molar-refractivity contribution in [2.75, 3.05) is 11.9 Å². The van der Waals surface area contributed by atoms with E-state index in [0.29, 0.717) is 18.8 Å². The Hall–Kier alpha value is -1.40. The van der Waals surface area contributed by atoms with E-state index in [2.05, 4.69) is 20.8 Å². The Morgan fingerprint density at radius 2 is 2.57 bits per heavy atom. The summed E-state index contributed by atoms with van der Waals surface area (Å²) in [5, 5.41) is 21.1. The zero-order valence-corrected chi connectivity index (χ0v) is 7.53. The molecule has 0 aromatic carbocycles. The van der Waals surface area contributed by atoms with Crippen LogP contribution in [-0.2, 0) is 4.79 Å². The van der Waals surface area contributed by atoms with Gasteiger partial charge in [-0.05, 0) is 6.42 Å². The molecule has 1 aromatic heterocycles. The zero-order valence-electron chi connectivity index (χ0n) is 7.53. The van der Waals surface area contributed by atoms with Gasteiger partial charge < -0.3 is 15.7 Å². The largest absolute Gasteiger partial charge is 0.392 e. The summed E-state index contributed by atoms with van der Waals surface area (Å²) >= 11 is 0. The molecule has 6 heteroatoms. The molecule has 0 bridgehead atoms. The lowest BCUT2D eigenvalue weighted by Gasteiger charge is -2.08. The van der Waals surface area contributed by atoms with E-state index in [1.165, 1.54) is 0 Å². The standard InChI is InChI=1S/C8H12N4O2/c13-5-3-6(9-4-5)8(14)11-7-1-2-10-12-7/h1-2,5-6,9,13H,3-4H2,(H2,10,11,12,14). The van der Waals surface area contributed by atoms with Gasteiger partial charge in [-0.2, -0.15) is 5.10 Å². The van der Waals surface area contributed by atoms with Crippen LogP contribution in [0.3, 0.4) is 0 Å². The molecule has 0 saturated carbocycles. The van der Waals surface area contributed by atoms with Crippen molar-refractivity contribution < 1.29 is 9.90 Å². The summed E-state index contributed by atoms with van der Waals surface area (Å²) in [5.74, 6) is 0.420. The molecule has 2 atom stereocenters. The van der Waals surface area contributed by atoms with Gasteiger partial charge in [-0.15, -0.1) is 0 Å². The van der Waals surface area contributed by atoms with Gasteiger partial charge in [0.2, 0.25) is 5.91 Å². The Kier molecular flexibility index (Phi) is 2.47. The summed E-state index contributed by atoms with van der Waals surface area (Å²) in [6.45, 7) is 0.473. The van der Waals surface area contributed by atoms with Crippen LogP contribution in [0.4, 0.5) is 5.82 Å². The number of carbonyl (C=O) groups is 1. The van der Waals surface area contributed by atoms with Crippen molar-refractivity contribution in [1.29, 1.82) is 0 Å². The second kappa shape index (κ2) is 3.77. The van der Waals surface area contributed by atoms with Gasteiger partial charge in [-0.1, -0.05) is 0 Å². The predicted octanol–water partition coefficient (Wildman–Crippen LogP) is -0.929. The van der Waals surface area contributed by atoms with Crippen LogP contribution in [0.15, 0.2) is 12.3 Å². The number of nitrogens with one attached hydrogen (secondary N) is 3. The highest BCUT2D eigenvalue weighted by molar-refractivity contribution is 5.94. The first-order valence-electron chi connectivity index (χ1n) is 4.47. The number of H-pyrrole nitrogens is 1. The molecular weight excluding hydrogens is 184 g/mol. The van der Waals surface area contributed by atoms with Crippen LogP contribution in [0.5, 0.6) is 0 Å². The predicted molar refractivity (Wildman–Crippen MR) is 49.6 cm³/mol. The number of rotatable bonds is 2. The highest BCUT2D eigenvalue weighted by atomic mass is 16.3. The van der Waals surface area contributed by atoms with E-state index in [1.54, 1.807) is 12.3 Å². The quantitative estimate of drug-likeness (QED) is 0.492. The van der Waals surface area contributed by atoms with Gasteiger partial charge in [-0.3, -0.25) is 9.89 Å². The number of β-amino-alcohol motifs (C(OH)–C–C–N with tert-alkyl or cyclic N) is 1. The molecule has 6 nitrogen and oxygen atoms in total. The lowest BCUT2D eigenvalue weighted by atomic mass is 10.2. The second-order valence-corrected chi connectivity index (χ2v) is 3.31. The number of amides is 1. The third-order valence-electron chi connectivity index (χ3n) is 2.18. The van der Waals surface area contributed by atoms with Crippen LogP contribution >= 0.6 is 0 Å². The molecule has 1 saturated heterocycles. The monoisotopic (exact) mass is 196 g/mol. The van der Waals surface area contributed by atoms with Gasteiger partial charge in [-0.25, -0.2) is 0 Å². The topological polar surface area (TPSA) is 90.0 Å². The summed E-state index contributed by atoms with van der Waals surface area (Å²) in [7, 11) is 0. The first kappa shape index (κ1) is 9.17. The Morgan fingerprint density at radius 1 is 1.71 bits per heavy atom. The second-order valence-electron chi connectivity index (χ2n) is 3.31. The van der Waals surface area contributed by atoms with Crippen LogP contribution < -0.4 is 10.6 Å². The van der Waals surface area contributed by atoms with Crippen molar-refractivity contribution in [3.05, 3.63) is 12.3 Å². The number of aliphatic hydroxyl groups excluding tert-OH is 1. The molecule has 1 fully saturated rings. The van der Waals surface area contributed by atoms with E-state index in [4.69, 9.17) is 0 Å². The van der Waals surface area contributed by atoms with E-state index in [0.717, 1.165) is 0 Å². The van der Waals surface area contributed by atoms with E-state index in [9.17, 15) is 9.90 Å². The van der Waals surface area contributed by atoms with Crippen LogP contribution in [0, 0.1) is 0 Å². The number of hydrogen-bond acceptors (Lipinski definition) is 4. The molecular formula is C8H12N4O2. The third-order valence-corrected chi connectivity index (χ3v) is 2.18. The highest BCUT2D eigenvalue weighted by Crippen LogP contribution is 2.08. The Bertz CT molecular complexity index is 311. The van der Waals surface area contributed by atoms with E-state index >= 15 is 0 Å². The van der Waals surface area contributed by atoms with Gasteiger partial charge in [0.05, 0.1) is 18.3 Å². The van der Waals surface area contributed by atoms with Crippen LogP contribution in [0.1, 0.15) is 6.42 Å². The van der Waals surface area contributed by atoms with Crippen molar-refractivity contribution in [2.24, 2.45) is 0 Å². The maximum absolute atomic E-state index is 11.5. The van der Waals surface area contributed by atoms with E-state index in [1.807, 2.05) is 0 Å². The lowest BCUT2D eigenvalue weighted by molar-refractivity contribution is -0.118. The molecule has 2 unspecified atom stereocenters. The number of aromatic nitrogens is 2. The number of carbonyl (C=O) groups excluding carboxylic acids is 1. The highest BCUT2D eigenvalue weighted by Gasteiger charge is 2.27. The maximum Gasteiger partial charge on any atom is 0.242 e. The number of nitrogens with zero attached hydrogens (tertiary/aromatic N) is 1. The summed E-state index contributed by atoms with van der Waals surface area (Å²) < 4.78 is 0. The first-order valence-corrected chi connectivity index (χ1v) is 4.47. The molecule has 1 aromatic rings. The fourth-order valence-corrected chi connectivity index (χ4v) is 1.46. The number of anilines is 1. The molecule has 1 aliphatic rings. The minimum Gasteiger partial charge on any atom is -0.392 e. The van der Waals surface area contributed by atoms with Crippen molar-refractivity contribution >= 4 is 11.7 Å². The zero-order chi connectivity index (χ0) is 9.97. The summed E-state index contributed by atoms with van der Waals surface area (Å²) in [4.78, 5) is 11.5. The van der Waals surface area contributed by atoms with Gasteiger partial charge in [0, 0.05) is 12.6 Å². The van der Waals surface area contributed by atoms with Gasteiger partial charge >= 0.3 is 0 Å².